The first kappa shape index (κ1) is 34.6. The van der Waals surface area contributed by atoms with E-state index in [1.807, 2.05) is 0 Å². The van der Waals surface area contributed by atoms with Gasteiger partial charge in [-0.2, -0.15) is 0 Å². The number of hydrogen-bond donors (Lipinski definition) is 5. The van der Waals surface area contributed by atoms with Gasteiger partial charge in [-0.1, -0.05) is 58.3 Å². The average molecular weight is 493 g/mol. The van der Waals surface area contributed by atoms with Crippen LogP contribution in [0.1, 0.15) is 84.0 Å². The molecule has 202 valence electrons. The largest absolute Gasteiger partial charge is 0.481 e. The highest BCUT2D eigenvalue weighted by Crippen LogP contribution is 2.10. The van der Waals surface area contributed by atoms with Gasteiger partial charge in [-0.05, 0) is 6.42 Å². The Labute approximate surface area is 204 Å². The van der Waals surface area contributed by atoms with Crippen LogP contribution in [-0.2, 0) is 19.1 Å². The molecule has 0 heterocycles. The van der Waals surface area contributed by atoms with Crippen molar-refractivity contribution >= 4 is 17.9 Å². The fourth-order valence-corrected chi connectivity index (χ4v) is 3.08. The quantitative estimate of drug-likeness (QED) is 0.0856. The predicted octanol–water partition coefficient (Wildman–Crippen LogP) is 1.70. The number of nitrogens with zero attached hydrogens (tertiary/aromatic N) is 1. The molecule has 10 nitrogen and oxygen atoms in total. The predicted molar refractivity (Wildman–Crippen MR) is 130 cm³/mol. The third-order valence-electron chi connectivity index (χ3n) is 4.98. The lowest BCUT2D eigenvalue weighted by atomic mass is 10.1. The molecule has 0 saturated carbocycles. The number of ether oxygens (including phenoxy) is 1. The zero-order valence-corrected chi connectivity index (χ0v) is 21.0. The minimum atomic E-state index is -0.888. The lowest BCUT2D eigenvalue weighted by Gasteiger charge is -2.17. The fourth-order valence-electron chi connectivity index (χ4n) is 3.08. The summed E-state index contributed by atoms with van der Waals surface area (Å²) in [4.78, 5) is 35.0. The molecule has 0 amide bonds. The number of aliphatic hydroxyl groups is 3. The second kappa shape index (κ2) is 27.7. The number of nitrogens with one attached hydrogen (secondary N) is 1. The number of carbonyl (C=O) groups is 3. The van der Waals surface area contributed by atoms with Crippen molar-refractivity contribution in [1.29, 1.82) is 0 Å². The number of esters is 2. The molecule has 0 fully saturated rings. The van der Waals surface area contributed by atoms with E-state index in [4.69, 9.17) is 25.2 Å². The van der Waals surface area contributed by atoms with Crippen molar-refractivity contribution in [3.8, 4) is 0 Å². The van der Waals surface area contributed by atoms with Crippen LogP contribution in [0, 0.1) is 0 Å². The summed E-state index contributed by atoms with van der Waals surface area (Å²) in [7, 11) is 0. The first-order valence-corrected chi connectivity index (χ1v) is 12.6. The van der Waals surface area contributed by atoms with Crippen LogP contribution in [-0.4, -0.2) is 95.8 Å². The van der Waals surface area contributed by atoms with Crippen LogP contribution in [0.3, 0.4) is 0 Å². The molecule has 0 aromatic rings. The number of carboxylic acid groups (broad SMARTS) is 1. The number of carboxylic acids is 1. The van der Waals surface area contributed by atoms with Crippen molar-refractivity contribution in [3.63, 3.8) is 0 Å². The van der Waals surface area contributed by atoms with Gasteiger partial charge in [-0.3, -0.25) is 19.3 Å². The molecular weight excluding hydrogens is 444 g/mol. The molecule has 0 aliphatic carbocycles. The molecule has 0 saturated heterocycles. The molecule has 0 spiro atoms. The third kappa shape index (κ3) is 28.4. The molecule has 5 N–H and O–H groups in total. The van der Waals surface area contributed by atoms with Crippen LogP contribution < -0.4 is 5.32 Å². The summed E-state index contributed by atoms with van der Waals surface area (Å²) >= 11 is 0. The molecule has 0 aliphatic heterocycles. The molecule has 0 rings (SSSR count). The summed E-state index contributed by atoms with van der Waals surface area (Å²) in [5.74, 6) is -1.91. The van der Waals surface area contributed by atoms with E-state index in [1.165, 1.54) is 38.5 Å². The number of carbonyl (C=O) groups excluding carboxylic acids is 2. The second-order valence-corrected chi connectivity index (χ2v) is 8.08. The topological polar surface area (TPSA) is 157 Å². The Morgan fingerprint density at radius 1 is 0.676 bits per heavy atom. The first-order chi connectivity index (χ1) is 16.4. The highest BCUT2D eigenvalue weighted by molar-refractivity contribution is 5.85. The van der Waals surface area contributed by atoms with Gasteiger partial charge in [0.25, 0.3) is 0 Å². The van der Waals surface area contributed by atoms with Crippen molar-refractivity contribution in [2.75, 3.05) is 52.5 Å². The van der Waals surface area contributed by atoms with Crippen LogP contribution >= 0.6 is 0 Å². The molecule has 10 heteroatoms. The molecule has 0 aliphatic rings. The monoisotopic (exact) mass is 492 g/mol. The van der Waals surface area contributed by atoms with Gasteiger partial charge in [0.2, 0.25) is 0 Å². The summed E-state index contributed by atoms with van der Waals surface area (Å²) in [6, 6.07) is 0. The van der Waals surface area contributed by atoms with E-state index in [-0.39, 0.29) is 39.1 Å². The number of aliphatic carboxylic acids is 1. The Balaban J connectivity index is 0. The standard InChI is InChI=1S/C18H33NO5.C6H15NO3/c1-2-3-4-5-6-7-8-9-10-11-17(22)24-18(23)13-15-19-14-12-16(20)21;8-4-1-7(2-5-9)3-6-10/h19H,2-15H2,1H3,(H,20,21);8-10H,1-6H2. The Hall–Kier alpha value is -1.59. The van der Waals surface area contributed by atoms with Gasteiger partial charge in [0.1, 0.15) is 0 Å². The normalized spacial score (nSPS) is 10.6. The van der Waals surface area contributed by atoms with Crippen molar-refractivity contribution in [2.24, 2.45) is 0 Å². The van der Waals surface area contributed by atoms with Gasteiger partial charge in [0.05, 0.1) is 32.7 Å². The van der Waals surface area contributed by atoms with Crippen molar-refractivity contribution in [3.05, 3.63) is 0 Å². The third-order valence-corrected chi connectivity index (χ3v) is 4.98. The van der Waals surface area contributed by atoms with E-state index in [2.05, 4.69) is 12.2 Å². The van der Waals surface area contributed by atoms with Gasteiger partial charge in [-0.25, -0.2) is 0 Å². The lowest BCUT2D eigenvalue weighted by Crippen LogP contribution is -2.32. The van der Waals surface area contributed by atoms with Crippen LogP contribution in [0.5, 0.6) is 0 Å². The van der Waals surface area contributed by atoms with Crippen molar-refractivity contribution in [2.45, 2.75) is 84.0 Å². The van der Waals surface area contributed by atoms with Gasteiger partial charge in [-0.15, -0.1) is 0 Å². The first-order valence-electron chi connectivity index (χ1n) is 12.6. The lowest BCUT2D eigenvalue weighted by molar-refractivity contribution is -0.159. The number of unbranched alkanes of at least 4 members (excludes halogenated alkanes) is 8. The summed E-state index contributed by atoms with van der Waals surface area (Å²) in [6.45, 7) is 4.58. The summed E-state index contributed by atoms with van der Waals surface area (Å²) in [5, 5.41) is 36.7. The smallest absolute Gasteiger partial charge is 0.314 e. The second-order valence-electron chi connectivity index (χ2n) is 8.08. The van der Waals surface area contributed by atoms with Crippen LogP contribution in [0.2, 0.25) is 0 Å². The van der Waals surface area contributed by atoms with E-state index >= 15 is 0 Å². The summed E-state index contributed by atoms with van der Waals surface area (Å²) in [5.41, 5.74) is 0. The fraction of sp³-hybridized carbons (Fsp3) is 0.875. The number of aliphatic hydroxyl groups excluding tert-OH is 3. The highest BCUT2D eigenvalue weighted by Gasteiger charge is 2.10. The molecule has 34 heavy (non-hydrogen) atoms. The minimum Gasteiger partial charge on any atom is -0.481 e. The van der Waals surface area contributed by atoms with Gasteiger partial charge in [0, 0.05) is 39.1 Å². The van der Waals surface area contributed by atoms with E-state index in [0.29, 0.717) is 32.7 Å². The van der Waals surface area contributed by atoms with Crippen LogP contribution in [0.15, 0.2) is 0 Å². The van der Waals surface area contributed by atoms with E-state index < -0.39 is 17.9 Å². The molecule has 0 aromatic carbocycles. The Bertz CT molecular complexity index is 477. The average Bonchev–Trinajstić information content (AvgIpc) is 2.78. The maximum atomic E-state index is 11.5. The van der Waals surface area contributed by atoms with E-state index in [1.54, 1.807) is 4.90 Å². The summed E-state index contributed by atoms with van der Waals surface area (Å²) < 4.78 is 4.72. The van der Waals surface area contributed by atoms with Crippen LogP contribution in [0.4, 0.5) is 0 Å². The van der Waals surface area contributed by atoms with Crippen LogP contribution in [0.25, 0.3) is 0 Å². The zero-order valence-electron chi connectivity index (χ0n) is 21.0. The molecule has 0 radical (unpaired) electrons. The molecule has 0 aromatic heterocycles. The van der Waals surface area contributed by atoms with Gasteiger partial charge >= 0.3 is 17.9 Å². The summed E-state index contributed by atoms with van der Waals surface area (Å²) in [6.07, 6.45) is 10.9. The molecule has 0 bridgehead atoms. The van der Waals surface area contributed by atoms with Crippen molar-refractivity contribution in [1.82, 2.24) is 10.2 Å². The Kier molecular flexibility index (Phi) is 28.1. The maximum Gasteiger partial charge on any atom is 0.314 e. The van der Waals surface area contributed by atoms with Gasteiger partial charge < -0.3 is 30.5 Å². The maximum absolute atomic E-state index is 11.5. The number of hydrogen-bond acceptors (Lipinski definition) is 9. The highest BCUT2D eigenvalue weighted by atomic mass is 16.6. The van der Waals surface area contributed by atoms with E-state index in [0.717, 1.165) is 19.3 Å². The Morgan fingerprint density at radius 2 is 1.12 bits per heavy atom. The number of rotatable bonds is 22. The van der Waals surface area contributed by atoms with Gasteiger partial charge in [0.15, 0.2) is 0 Å². The van der Waals surface area contributed by atoms with Crippen molar-refractivity contribution < 1.29 is 39.5 Å². The SMILES string of the molecule is CCCCCCCCCCCC(=O)OC(=O)CCNCCC(=O)O.OCCN(CCO)CCO. The Morgan fingerprint density at radius 3 is 1.59 bits per heavy atom. The molecule has 0 unspecified atom stereocenters. The molecular formula is C24H48N2O8. The zero-order chi connectivity index (χ0) is 25.9. The van der Waals surface area contributed by atoms with E-state index in [9.17, 15) is 14.4 Å². The minimum absolute atomic E-state index is 0.00653. The molecule has 0 atom stereocenters.